The zero-order valence-corrected chi connectivity index (χ0v) is 11.2. The second-order valence-corrected chi connectivity index (χ2v) is 4.35. The van der Waals surface area contributed by atoms with Gasteiger partial charge in [0, 0.05) is 18.0 Å². The second-order valence-electron chi connectivity index (χ2n) is 4.35. The van der Waals surface area contributed by atoms with Gasteiger partial charge in [0.15, 0.2) is 5.82 Å². The van der Waals surface area contributed by atoms with E-state index in [1.54, 1.807) is 37.4 Å². The summed E-state index contributed by atoms with van der Waals surface area (Å²) in [5, 5.41) is 9.74. The second kappa shape index (κ2) is 5.58. The van der Waals surface area contributed by atoms with Gasteiger partial charge < -0.3 is 15.2 Å². The van der Waals surface area contributed by atoms with Crippen LogP contribution in [0.15, 0.2) is 47.1 Å². The van der Waals surface area contributed by atoms with Gasteiger partial charge in [-0.1, -0.05) is 11.2 Å². The van der Waals surface area contributed by atoms with Crippen LogP contribution in [0, 0.1) is 12.7 Å². The van der Waals surface area contributed by atoms with Gasteiger partial charge >= 0.3 is 0 Å². The number of hydrogen-bond donors (Lipinski definition) is 2. The average molecular weight is 285 g/mol. The number of halogens is 1. The molecule has 0 aliphatic carbocycles. The Morgan fingerprint density at radius 3 is 2.76 bits per heavy atom. The number of nitrogens with one attached hydrogen (secondary N) is 2. The molecule has 6 nitrogen and oxygen atoms in total. The zero-order chi connectivity index (χ0) is 14.7. The van der Waals surface area contributed by atoms with Gasteiger partial charge in [0.2, 0.25) is 5.95 Å². The van der Waals surface area contributed by atoms with Gasteiger partial charge in [-0.05, 0) is 31.2 Å². The number of aryl methyl sites for hydroxylation is 1. The van der Waals surface area contributed by atoms with Crippen LogP contribution in [0.2, 0.25) is 0 Å². The predicted molar refractivity (Wildman–Crippen MR) is 76.2 cm³/mol. The Labute approximate surface area is 120 Å². The number of hydrogen-bond acceptors (Lipinski definition) is 6. The molecule has 7 heteroatoms. The molecule has 106 valence electrons. The Morgan fingerprint density at radius 2 is 2.00 bits per heavy atom. The summed E-state index contributed by atoms with van der Waals surface area (Å²) in [4.78, 5) is 8.35. The Hall–Kier alpha value is -2.96. The van der Waals surface area contributed by atoms with Crippen LogP contribution in [-0.4, -0.2) is 15.1 Å². The molecular weight excluding hydrogens is 273 g/mol. The lowest BCUT2D eigenvalue weighted by molar-refractivity contribution is 0.400. The first kappa shape index (κ1) is 13.0. The van der Waals surface area contributed by atoms with Crippen LogP contribution >= 0.6 is 0 Å². The molecule has 1 aromatic carbocycles. The van der Waals surface area contributed by atoms with Crippen molar-refractivity contribution in [2.24, 2.45) is 0 Å². The smallest absolute Gasteiger partial charge is 0.229 e. The van der Waals surface area contributed by atoms with Gasteiger partial charge in [-0.25, -0.2) is 9.37 Å². The van der Waals surface area contributed by atoms with Gasteiger partial charge in [0.1, 0.15) is 17.4 Å². The molecule has 2 aromatic heterocycles. The van der Waals surface area contributed by atoms with Crippen molar-refractivity contribution >= 4 is 23.3 Å². The largest absolute Gasteiger partial charge is 0.360 e. The maximum absolute atomic E-state index is 13.1. The third-order valence-corrected chi connectivity index (χ3v) is 2.62. The molecule has 3 rings (SSSR count). The van der Waals surface area contributed by atoms with Gasteiger partial charge in [0.25, 0.3) is 0 Å². The molecule has 0 spiro atoms. The lowest BCUT2D eigenvalue weighted by atomic mass is 10.3. The van der Waals surface area contributed by atoms with Crippen LogP contribution < -0.4 is 10.6 Å². The van der Waals surface area contributed by atoms with Gasteiger partial charge in [-0.2, -0.15) is 4.98 Å². The molecule has 0 saturated carbocycles. The first-order valence-corrected chi connectivity index (χ1v) is 6.25. The van der Waals surface area contributed by atoms with E-state index in [0.717, 1.165) is 0 Å². The minimum Gasteiger partial charge on any atom is -0.360 e. The molecule has 2 N–H and O–H groups in total. The highest BCUT2D eigenvalue weighted by atomic mass is 19.1. The summed E-state index contributed by atoms with van der Waals surface area (Å²) in [5.74, 6) is 1.84. The molecule has 2 heterocycles. The van der Waals surface area contributed by atoms with E-state index in [1.807, 2.05) is 0 Å². The standard InChI is InChI=1S/C14H12FN5O/c1-9-7-13(20-21-9)18-12-5-6-16-14(19-12)17-11-4-2-3-10(15)8-11/h2-8H,1H3,(H2,16,17,18,19,20). The highest BCUT2D eigenvalue weighted by Gasteiger charge is 2.04. The van der Waals surface area contributed by atoms with E-state index >= 15 is 0 Å². The molecule has 0 radical (unpaired) electrons. The first-order valence-electron chi connectivity index (χ1n) is 6.25. The number of rotatable bonds is 4. The molecule has 0 amide bonds. The summed E-state index contributed by atoms with van der Waals surface area (Å²) in [6.45, 7) is 1.80. The molecule has 0 fully saturated rings. The molecular formula is C14H12FN5O. The van der Waals surface area contributed by atoms with Crippen LogP contribution in [-0.2, 0) is 0 Å². The fraction of sp³-hybridized carbons (Fsp3) is 0.0714. The van der Waals surface area contributed by atoms with Crippen molar-refractivity contribution in [1.82, 2.24) is 15.1 Å². The molecule has 0 aliphatic rings. The summed E-state index contributed by atoms with van der Waals surface area (Å²) in [6, 6.07) is 9.52. The molecule has 0 unspecified atom stereocenters. The SMILES string of the molecule is Cc1cc(Nc2ccnc(Nc3cccc(F)c3)n2)no1. The maximum atomic E-state index is 13.1. The molecule has 0 aliphatic heterocycles. The molecule has 0 atom stereocenters. The Balaban J connectivity index is 1.76. The van der Waals surface area contributed by atoms with Crippen molar-refractivity contribution in [2.45, 2.75) is 6.92 Å². The van der Waals surface area contributed by atoms with Crippen LogP contribution in [0.3, 0.4) is 0 Å². The number of anilines is 4. The van der Waals surface area contributed by atoms with Crippen molar-refractivity contribution in [3.05, 3.63) is 54.2 Å². The lowest BCUT2D eigenvalue weighted by Gasteiger charge is -2.06. The van der Waals surface area contributed by atoms with Crippen LogP contribution in [0.5, 0.6) is 0 Å². The summed E-state index contributed by atoms with van der Waals surface area (Å²) in [5.41, 5.74) is 0.574. The maximum Gasteiger partial charge on any atom is 0.229 e. The topological polar surface area (TPSA) is 75.9 Å². The van der Waals surface area contributed by atoms with E-state index in [1.165, 1.54) is 12.1 Å². The van der Waals surface area contributed by atoms with E-state index in [0.29, 0.717) is 29.0 Å². The van der Waals surface area contributed by atoms with Crippen molar-refractivity contribution in [2.75, 3.05) is 10.6 Å². The molecule has 0 saturated heterocycles. The van der Waals surface area contributed by atoms with E-state index in [2.05, 4.69) is 25.8 Å². The van der Waals surface area contributed by atoms with Crippen molar-refractivity contribution < 1.29 is 8.91 Å². The number of nitrogens with zero attached hydrogens (tertiary/aromatic N) is 3. The van der Waals surface area contributed by atoms with Crippen LogP contribution in [0.25, 0.3) is 0 Å². The highest BCUT2D eigenvalue weighted by Crippen LogP contribution is 2.17. The van der Waals surface area contributed by atoms with Crippen LogP contribution in [0.1, 0.15) is 5.76 Å². The predicted octanol–water partition coefficient (Wildman–Crippen LogP) is 3.40. The van der Waals surface area contributed by atoms with Crippen molar-refractivity contribution in [1.29, 1.82) is 0 Å². The first-order chi connectivity index (χ1) is 10.2. The van der Waals surface area contributed by atoms with Crippen LogP contribution in [0.4, 0.5) is 27.7 Å². The normalized spacial score (nSPS) is 10.4. The van der Waals surface area contributed by atoms with Crippen molar-refractivity contribution in [3.63, 3.8) is 0 Å². The summed E-state index contributed by atoms with van der Waals surface area (Å²) >= 11 is 0. The van der Waals surface area contributed by atoms with Gasteiger partial charge in [-0.3, -0.25) is 0 Å². The van der Waals surface area contributed by atoms with Gasteiger partial charge in [0.05, 0.1) is 0 Å². The molecule has 3 aromatic rings. The average Bonchev–Trinajstić information content (AvgIpc) is 2.84. The van der Waals surface area contributed by atoms with E-state index in [4.69, 9.17) is 4.52 Å². The summed E-state index contributed by atoms with van der Waals surface area (Å²) in [6.07, 6.45) is 1.59. The minimum atomic E-state index is -0.327. The van der Waals surface area contributed by atoms with E-state index < -0.39 is 0 Å². The van der Waals surface area contributed by atoms with E-state index in [-0.39, 0.29) is 5.82 Å². The zero-order valence-electron chi connectivity index (χ0n) is 11.2. The summed E-state index contributed by atoms with van der Waals surface area (Å²) < 4.78 is 18.1. The third kappa shape index (κ3) is 3.33. The van der Waals surface area contributed by atoms with Crippen molar-refractivity contribution in [3.8, 4) is 0 Å². The van der Waals surface area contributed by atoms with E-state index in [9.17, 15) is 4.39 Å². The Bertz CT molecular complexity index is 758. The minimum absolute atomic E-state index is 0.327. The monoisotopic (exact) mass is 285 g/mol. The molecule has 0 bridgehead atoms. The highest BCUT2D eigenvalue weighted by molar-refractivity contribution is 5.57. The lowest BCUT2D eigenvalue weighted by Crippen LogP contribution is -2.00. The summed E-state index contributed by atoms with van der Waals surface area (Å²) in [7, 11) is 0. The quantitative estimate of drug-likeness (QED) is 0.765. The number of benzene rings is 1. The Morgan fingerprint density at radius 1 is 1.10 bits per heavy atom. The fourth-order valence-corrected chi connectivity index (χ4v) is 1.74. The van der Waals surface area contributed by atoms with Gasteiger partial charge in [-0.15, -0.1) is 0 Å². The molecule has 21 heavy (non-hydrogen) atoms. The Kier molecular flexibility index (Phi) is 3.46. The third-order valence-electron chi connectivity index (χ3n) is 2.62. The number of aromatic nitrogens is 3. The fourth-order valence-electron chi connectivity index (χ4n) is 1.74.